The van der Waals surface area contributed by atoms with Gasteiger partial charge < -0.3 is 15.5 Å². The quantitative estimate of drug-likeness (QED) is 0.598. The Kier molecular flexibility index (Phi) is 5.72. The molecule has 4 heteroatoms. The largest absolute Gasteiger partial charge is 0.481 e. The zero-order valence-corrected chi connectivity index (χ0v) is 9.21. The Morgan fingerprint density at radius 3 is 2.36 bits per heavy atom. The summed E-state index contributed by atoms with van der Waals surface area (Å²) >= 11 is 0. The lowest BCUT2D eigenvalue weighted by Crippen LogP contribution is -2.41. The summed E-state index contributed by atoms with van der Waals surface area (Å²) in [6.07, 6.45) is 0.779. The van der Waals surface area contributed by atoms with Crippen LogP contribution in [0.2, 0.25) is 0 Å². The van der Waals surface area contributed by atoms with Crippen molar-refractivity contribution in [2.75, 3.05) is 13.2 Å². The lowest BCUT2D eigenvalue weighted by molar-refractivity contribution is -0.136. The van der Waals surface area contributed by atoms with Gasteiger partial charge in [-0.15, -0.1) is 0 Å². The average molecular weight is 203 g/mol. The van der Waals surface area contributed by atoms with Gasteiger partial charge in [0.15, 0.2) is 0 Å². The molecule has 0 aliphatic carbocycles. The van der Waals surface area contributed by atoms with E-state index in [2.05, 4.69) is 26.1 Å². The van der Waals surface area contributed by atoms with Crippen LogP contribution in [0.25, 0.3) is 0 Å². The Bertz CT molecular complexity index is 175. The summed E-state index contributed by atoms with van der Waals surface area (Å²) in [5.74, 6) is -0.797. The van der Waals surface area contributed by atoms with Crippen LogP contribution < -0.4 is 5.32 Å². The van der Waals surface area contributed by atoms with Crippen LogP contribution in [-0.2, 0) is 4.79 Å². The number of nitrogens with one attached hydrogen (secondary N) is 1. The van der Waals surface area contributed by atoms with E-state index in [1.807, 2.05) is 0 Å². The monoisotopic (exact) mass is 203 g/mol. The number of hydrogen-bond acceptors (Lipinski definition) is 3. The summed E-state index contributed by atoms with van der Waals surface area (Å²) in [4.78, 5) is 10.3. The molecule has 0 aliphatic rings. The molecule has 0 radical (unpaired) electrons. The van der Waals surface area contributed by atoms with E-state index in [0.717, 1.165) is 0 Å². The Morgan fingerprint density at radius 2 is 2.00 bits per heavy atom. The van der Waals surface area contributed by atoms with Crippen molar-refractivity contribution in [1.29, 1.82) is 0 Å². The highest BCUT2D eigenvalue weighted by molar-refractivity contribution is 5.66. The van der Waals surface area contributed by atoms with E-state index < -0.39 is 5.97 Å². The third-order valence-corrected chi connectivity index (χ3v) is 2.19. The van der Waals surface area contributed by atoms with Crippen molar-refractivity contribution in [2.24, 2.45) is 5.41 Å². The maximum Gasteiger partial charge on any atom is 0.304 e. The molecule has 0 bridgehead atoms. The van der Waals surface area contributed by atoms with Crippen LogP contribution in [-0.4, -0.2) is 35.4 Å². The first-order chi connectivity index (χ1) is 6.38. The van der Waals surface area contributed by atoms with E-state index in [9.17, 15) is 4.79 Å². The molecule has 0 aromatic heterocycles. The van der Waals surface area contributed by atoms with Crippen molar-refractivity contribution in [3.05, 3.63) is 0 Å². The fourth-order valence-electron chi connectivity index (χ4n) is 1.32. The Balaban J connectivity index is 3.92. The number of carboxylic acid groups (broad SMARTS) is 1. The van der Waals surface area contributed by atoms with Crippen LogP contribution in [0, 0.1) is 5.41 Å². The maximum absolute atomic E-state index is 10.3. The molecule has 14 heavy (non-hydrogen) atoms. The van der Waals surface area contributed by atoms with Gasteiger partial charge in [-0.3, -0.25) is 4.79 Å². The molecule has 84 valence electrons. The summed E-state index contributed by atoms with van der Waals surface area (Å²) < 4.78 is 0. The topological polar surface area (TPSA) is 69.6 Å². The zero-order chi connectivity index (χ0) is 11.2. The second-order valence-corrected chi connectivity index (χ2v) is 4.53. The molecule has 0 heterocycles. The van der Waals surface area contributed by atoms with Gasteiger partial charge in [-0.25, -0.2) is 0 Å². The van der Waals surface area contributed by atoms with E-state index in [-0.39, 0.29) is 24.5 Å². The molecule has 0 aromatic carbocycles. The van der Waals surface area contributed by atoms with Crippen LogP contribution in [0.1, 0.15) is 33.6 Å². The number of carboxylic acids is 1. The number of aliphatic hydroxyl groups excluding tert-OH is 1. The highest BCUT2D eigenvalue weighted by atomic mass is 16.4. The van der Waals surface area contributed by atoms with Crippen molar-refractivity contribution in [3.8, 4) is 0 Å². The second-order valence-electron chi connectivity index (χ2n) is 4.53. The van der Waals surface area contributed by atoms with Crippen molar-refractivity contribution in [3.63, 3.8) is 0 Å². The minimum atomic E-state index is -0.797. The minimum absolute atomic E-state index is 0.0429. The molecular formula is C10H21NO3. The number of carbonyl (C=O) groups is 1. The third kappa shape index (κ3) is 5.94. The highest BCUT2D eigenvalue weighted by Gasteiger charge is 2.23. The molecule has 0 rings (SSSR count). The van der Waals surface area contributed by atoms with E-state index in [4.69, 9.17) is 10.2 Å². The van der Waals surface area contributed by atoms with Gasteiger partial charge in [0.05, 0.1) is 6.42 Å². The molecule has 4 nitrogen and oxygen atoms in total. The fraction of sp³-hybridized carbons (Fsp3) is 0.900. The van der Waals surface area contributed by atoms with Gasteiger partial charge in [-0.2, -0.15) is 0 Å². The third-order valence-electron chi connectivity index (χ3n) is 2.19. The van der Waals surface area contributed by atoms with Gasteiger partial charge in [0.25, 0.3) is 0 Å². The molecule has 1 unspecified atom stereocenters. The summed E-state index contributed by atoms with van der Waals surface area (Å²) in [6.45, 7) is 6.79. The molecule has 1 atom stereocenters. The first kappa shape index (κ1) is 13.4. The first-order valence-electron chi connectivity index (χ1n) is 4.94. The second kappa shape index (κ2) is 5.98. The molecule has 0 saturated carbocycles. The van der Waals surface area contributed by atoms with Crippen molar-refractivity contribution < 1.29 is 15.0 Å². The van der Waals surface area contributed by atoms with Crippen molar-refractivity contribution >= 4 is 5.97 Å². The lowest BCUT2D eigenvalue weighted by Gasteiger charge is -2.31. The summed E-state index contributed by atoms with van der Waals surface area (Å²) in [6, 6.07) is 0.159. The maximum atomic E-state index is 10.3. The zero-order valence-electron chi connectivity index (χ0n) is 9.21. The summed E-state index contributed by atoms with van der Waals surface area (Å²) in [5.41, 5.74) is 0.0429. The van der Waals surface area contributed by atoms with Gasteiger partial charge in [-0.05, 0) is 11.8 Å². The standard InChI is InChI=1S/C10H21NO3/c1-10(2,3)8(5-7-12)11-6-4-9(13)14/h8,11-12H,4-7H2,1-3H3,(H,13,14). The molecule has 0 fully saturated rings. The number of aliphatic hydroxyl groups is 1. The highest BCUT2D eigenvalue weighted by Crippen LogP contribution is 2.21. The Hall–Kier alpha value is -0.610. The molecule has 0 saturated heterocycles. The van der Waals surface area contributed by atoms with Crippen LogP contribution in [0.15, 0.2) is 0 Å². The first-order valence-corrected chi connectivity index (χ1v) is 4.94. The Morgan fingerprint density at radius 1 is 1.43 bits per heavy atom. The van der Waals surface area contributed by atoms with Gasteiger partial charge in [0.1, 0.15) is 0 Å². The van der Waals surface area contributed by atoms with Crippen LogP contribution in [0.4, 0.5) is 0 Å². The summed E-state index contributed by atoms with van der Waals surface area (Å²) in [7, 11) is 0. The van der Waals surface area contributed by atoms with Gasteiger partial charge in [0.2, 0.25) is 0 Å². The van der Waals surface area contributed by atoms with Crippen LogP contribution >= 0.6 is 0 Å². The number of aliphatic carboxylic acids is 1. The van der Waals surface area contributed by atoms with Crippen LogP contribution in [0.5, 0.6) is 0 Å². The smallest absolute Gasteiger partial charge is 0.304 e. The van der Waals surface area contributed by atoms with Gasteiger partial charge in [-0.1, -0.05) is 20.8 Å². The van der Waals surface area contributed by atoms with Crippen molar-refractivity contribution in [1.82, 2.24) is 5.32 Å². The molecule has 0 spiro atoms. The predicted molar refractivity (Wildman–Crippen MR) is 55.2 cm³/mol. The fourth-order valence-corrected chi connectivity index (χ4v) is 1.32. The SMILES string of the molecule is CC(C)(C)C(CCO)NCCC(=O)O. The van der Waals surface area contributed by atoms with E-state index in [1.54, 1.807) is 0 Å². The van der Waals surface area contributed by atoms with E-state index in [0.29, 0.717) is 13.0 Å². The Labute approximate surface area is 85.3 Å². The normalized spacial score (nSPS) is 14.0. The van der Waals surface area contributed by atoms with Crippen LogP contribution in [0.3, 0.4) is 0 Å². The van der Waals surface area contributed by atoms with E-state index >= 15 is 0 Å². The van der Waals surface area contributed by atoms with Gasteiger partial charge in [0, 0.05) is 19.2 Å². The summed E-state index contributed by atoms with van der Waals surface area (Å²) in [5, 5.41) is 20.5. The number of hydrogen-bond donors (Lipinski definition) is 3. The predicted octanol–water partition coefficient (Wildman–Crippen LogP) is 0.848. The lowest BCUT2D eigenvalue weighted by atomic mass is 9.85. The minimum Gasteiger partial charge on any atom is -0.481 e. The molecule has 0 aromatic rings. The van der Waals surface area contributed by atoms with E-state index in [1.165, 1.54) is 0 Å². The molecule has 0 amide bonds. The molecular weight excluding hydrogens is 182 g/mol. The average Bonchev–Trinajstić information content (AvgIpc) is 2.00. The molecule has 3 N–H and O–H groups in total. The number of rotatable bonds is 6. The van der Waals surface area contributed by atoms with Gasteiger partial charge >= 0.3 is 5.97 Å². The van der Waals surface area contributed by atoms with Crippen molar-refractivity contribution in [2.45, 2.75) is 39.7 Å². The molecule has 0 aliphatic heterocycles.